The fraction of sp³-hybridized carbons (Fsp3) is 0.300. The molecule has 0 spiro atoms. The summed E-state index contributed by atoms with van der Waals surface area (Å²) in [6, 6.07) is 7.86. The first-order valence-electron chi connectivity index (χ1n) is 4.12. The molecule has 0 N–H and O–H groups in total. The van der Waals surface area contributed by atoms with Gasteiger partial charge in [0.25, 0.3) is 0 Å². The summed E-state index contributed by atoms with van der Waals surface area (Å²) in [5.74, 6) is 0.126. The van der Waals surface area contributed by atoms with Gasteiger partial charge in [0.1, 0.15) is 6.61 Å². The molecule has 1 aromatic rings. The number of benzene rings is 1. The summed E-state index contributed by atoms with van der Waals surface area (Å²) in [6.07, 6.45) is 0. The standard InChI is InChI=1S/C10H10BrIO2/c11-9-3-1-2-8(4-9)6-14-7-10(13)5-12/h1-4H,5-7H2. The Morgan fingerprint density at radius 3 is 2.93 bits per heavy atom. The Bertz CT molecular complexity index is 315. The summed E-state index contributed by atoms with van der Waals surface area (Å²) < 4.78 is 6.79. The molecule has 1 aromatic carbocycles. The van der Waals surface area contributed by atoms with Crippen molar-refractivity contribution < 1.29 is 9.53 Å². The molecular formula is C10H10BrIO2. The zero-order valence-corrected chi connectivity index (χ0v) is 11.2. The Balaban J connectivity index is 2.35. The number of hydrogen-bond acceptors (Lipinski definition) is 2. The van der Waals surface area contributed by atoms with E-state index in [9.17, 15) is 4.79 Å². The van der Waals surface area contributed by atoms with Gasteiger partial charge in [0.15, 0.2) is 5.78 Å². The normalized spacial score (nSPS) is 10.1. The second-order valence-corrected chi connectivity index (χ2v) is 4.47. The van der Waals surface area contributed by atoms with Crippen LogP contribution in [0.4, 0.5) is 0 Å². The molecule has 0 aliphatic heterocycles. The number of Topliss-reactive ketones (excluding diaryl/α,β-unsaturated/α-hetero) is 1. The van der Waals surface area contributed by atoms with E-state index in [-0.39, 0.29) is 12.4 Å². The van der Waals surface area contributed by atoms with Crippen molar-refractivity contribution in [3.05, 3.63) is 34.3 Å². The summed E-state index contributed by atoms with van der Waals surface area (Å²) in [6.45, 7) is 0.692. The maximum absolute atomic E-state index is 10.9. The van der Waals surface area contributed by atoms with Gasteiger partial charge in [-0.2, -0.15) is 0 Å². The zero-order valence-electron chi connectivity index (χ0n) is 7.50. The fourth-order valence-corrected chi connectivity index (χ4v) is 1.61. The first-order valence-corrected chi connectivity index (χ1v) is 6.44. The molecule has 4 heteroatoms. The van der Waals surface area contributed by atoms with Gasteiger partial charge >= 0.3 is 0 Å². The molecule has 0 radical (unpaired) electrons. The Morgan fingerprint density at radius 2 is 2.29 bits per heavy atom. The monoisotopic (exact) mass is 368 g/mol. The van der Waals surface area contributed by atoms with E-state index in [0.717, 1.165) is 10.0 Å². The number of halogens is 2. The van der Waals surface area contributed by atoms with Crippen molar-refractivity contribution in [2.75, 3.05) is 11.0 Å². The van der Waals surface area contributed by atoms with Gasteiger partial charge in [0.2, 0.25) is 0 Å². The zero-order chi connectivity index (χ0) is 10.4. The third-order valence-electron chi connectivity index (χ3n) is 1.57. The van der Waals surface area contributed by atoms with Crippen LogP contribution in [0.3, 0.4) is 0 Å². The predicted octanol–water partition coefficient (Wildman–Crippen LogP) is 2.97. The van der Waals surface area contributed by atoms with Crippen LogP contribution in [0.2, 0.25) is 0 Å². The molecule has 0 aliphatic rings. The number of carbonyl (C=O) groups excluding carboxylic acids is 1. The lowest BCUT2D eigenvalue weighted by molar-refractivity contribution is -0.121. The van der Waals surface area contributed by atoms with Crippen molar-refractivity contribution in [2.45, 2.75) is 6.61 Å². The van der Waals surface area contributed by atoms with E-state index in [2.05, 4.69) is 15.9 Å². The molecule has 0 saturated carbocycles. The lowest BCUT2D eigenvalue weighted by Crippen LogP contribution is -2.09. The highest BCUT2D eigenvalue weighted by Gasteiger charge is 1.99. The van der Waals surface area contributed by atoms with Crippen LogP contribution in [-0.4, -0.2) is 16.8 Å². The van der Waals surface area contributed by atoms with Crippen LogP contribution < -0.4 is 0 Å². The summed E-state index contributed by atoms with van der Waals surface area (Å²) in [7, 11) is 0. The number of rotatable bonds is 5. The van der Waals surface area contributed by atoms with Gasteiger partial charge in [0.05, 0.1) is 11.0 Å². The summed E-state index contributed by atoms with van der Waals surface area (Å²) >= 11 is 5.41. The van der Waals surface area contributed by atoms with E-state index in [0.29, 0.717) is 11.0 Å². The Kier molecular flexibility index (Phi) is 5.66. The molecule has 1 rings (SSSR count). The largest absolute Gasteiger partial charge is 0.369 e. The van der Waals surface area contributed by atoms with Crippen LogP contribution in [0.15, 0.2) is 28.7 Å². The lowest BCUT2D eigenvalue weighted by atomic mass is 10.2. The van der Waals surface area contributed by atoms with Gasteiger partial charge in [-0.15, -0.1) is 0 Å². The van der Waals surface area contributed by atoms with Crippen molar-refractivity contribution in [3.63, 3.8) is 0 Å². The summed E-state index contributed by atoms with van der Waals surface area (Å²) in [4.78, 5) is 10.9. The quantitative estimate of drug-likeness (QED) is 0.590. The molecule has 0 heterocycles. The molecule has 0 fully saturated rings. The maximum atomic E-state index is 10.9. The molecule has 0 atom stereocenters. The van der Waals surface area contributed by atoms with Gasteiger partial charge in [0, 0.05) is 4.47 Å². The van der Waals surface area contributed by atoms with Gasteiger partial charge in [-0.1, -0.05) is 50.7 Å². The summed E-state index contributed by atoms with van der Waals surface area (Å²) in [5.41, 5.74) is 1.07. The van der Waals surface area contributed by atoms with E-state index in [1.807, 2.05) is 46.9 Å². The minimum absolute atomic E-state index is 0.126. The van der Waals surface area contributed by atoms with Crippen LogP contribution in [0.1, 0.15) is 5.56 Å². The average Bonchev–Trinajstić information content (AvgIpc) is 2.17. The van der Waals surface area contributed by atoms with Gasteiger partial charge in [-0.3, -0.25) is 4.79 Å². The molecule has 0 unspecified atom stereocenters. The lowest BCUT2D eigenvalue weighted by Gasteiger charge is -2.02. The highest BCUT2D eigenvalue weighted by molar-refractivity contribution is 14.1. The first kappa shape index (κ1) is 12.1. The Morgan fingerprint density at radius 1 is 1.50 bits per heavy atom. The van der Waals surface area contributed by atoms with Crippen molar-refractivity contribution >= 4 is 44.3 Å². The minimum Gasteiger partial charge on any atom is -0.369 e. The predicted molar refractivity (Wildman–Crippen MR) is 67.7 cm³/mol. The molecule has 0 saturated heterocycles. The number of ether oxygens (including phenoxy) is 1. The van der Waals surface area contributed by atoms with E-state index in [1.54, 1.807) is 0 Å². The smallest absolute Gasteiger partial charge is 0.168 e. The van der Waals surface area contributed by atoms with Crippen LogP contribution in [0.25, 0.3) is 0 Å². The van der Waals surface area contributed by atoms with Crippen LogP contribution >= 0.6 is 38.5 Å². The molecule has 2 nitrogen and oxygen atoms in total. The number of ketones is 1. The van der Waals surface area contributed by atoms with Crippen LogP contribution in [0, 0.1) is 0 Å². The molecule has 0 aliphatic carbocycles. The number of alkyl halides is 1. The first-order chi connectivity index (χ1) is 6.72. The fourth-order valence-electron chi connectivity index (χ4n) is 0.948. The van der Waals surface area contributed by atoms with Crippen molar-refractivity contribution in [2.24, 2.45) is 0 Å². The van der Waals surface area contributed by atoms with Crippen molar-refractivity contribution in [3.8, 4) is 0 Å². The SMILES string of the molecule is O=C(CI)COCc1cccc(Br)c1. The van der Waals surface area contributed by atoms with Crippen LogP contribution in [-0.2, 0) is 16.1 Å². The summed E-state index contributed by atoms with van der Waals surface area (Å²) in [5, 5.41) is 0. The number of carbonyl (C=O) groups is 1. The second kappa shape index (κ2) is 6.53. The molecule has 0 amide bonds. The maximum Gasteiger partial charge on any atom is 0.168 e. The van der Waals surface area contributed by atoms with E-state index in [1.165, 1.54) is 0 Å². The van der Waals surface area contributed by atoms with E-state index < -0.39 is 0 Å². The minimum atomic E-state index is 0.126. The molecule has 76 valence electrons. The van der Waals surface area contributed by atoms with Gasteiger partial charge in [-0.05, 0) is 17.7 Å². The average molecular weight is 369 g/mol. The highest BCUT2D eigenvalue weighted by Crippen LogP contribution is 2.12. The van der Waals surface area contributed by atoms with E-state index >= 15 is 0 Å². The Hall–Kier alpha value is 0.0600. The second-order valence-electron chi connectivity index (χ2n) is 2.80. The molecule has 0 aromatic heterocycles. The van der Waals surface area contributed by atoms with Crippen molar-refractivity contribution in [1.82, 2.24) is 0 Å². The third kappa shape index (κ3) is 4.52. The Labute approximate surface area is 105 Å². The van der Waals surface area contributed by atoms with Crippen LogP contribution in [0.5, 0.6) is 0 Å². The number of hydrogen-bond donors (Lipinski definition) is 0. The van der Waals surface area contributed by atoms with Crippen molar-refractivity contribution in [1.29, 1.82) is 0 Å². The molecular weight excluding hydrogens is 359 g/mol. The topological polar surface area (TPSA) is 26.3 Å². The third-order valence-corrected chi connectivity index (χ3v) is 2.91. The van der Waals surface area contributed by atoms with Gasteiger partial charge in [-0.25, -0.2) is 0 Å². The molecule has 0 bridgehead atoms. The molecule has 14 heavy (non-hydrogen) atoms. The highest BCUT2D eigenvalue weighted by atomic mass is 127. The van der Waals surface area contributed by atoms with E-state index in [4.69, 9.17) is 4.74 Å². The van der Waals surface area contributed by atoms with Gasteiger partial charge < -0.3 is 4.74 Å².